The van der Waals surface area contributed by atoms with Gasteiger partial charge in [0.25, 0.3) is 5.88 Å². The third-order valence-electron chi connectivity index (χ3n) is 4.53. The highest BCUT2D eigenvalue weighted by Gasteiger charge is 2.28. The highest BCUT2D eigenvalue weighted by molar-refractivity contribution is 6.32. The molecule has 2 aromatic rings. The Morgan fingerprint density at radius 2 is 1.86 bits per heavy atom. The number of nitrogens with one attached hydrogen (secondary N) is 1. The van der Waals surface area contributed by atoms with Crippen molar-refractivity contribution in [1.29, 1.82) is 0 Å². The molecule has 0 spiro atoms. The van der Waals surface area contributed by atoms with Crippen molar-refractivity contribution in [2.24, 2.45) is 0 Å². The van der Waals surface area contributed by atoms with Crippen molar-refractivity contribution >= 4 is 28.8 Å². The first-order chi connectivity index (χ1) is 13.5. The molecule has 1 fully saturated rings. The molecule has 1 N–H and O–H groups in total. The fourth-order valence-corrected chi connectivity index (χ4v) is 3.37. The number of hydrogen-bond donors (Lipinski definition) is 1. The van der Waals surface area contributed by atoms with Crippen molar-refractivity contribution in [3.8, 4) is 17.4 Å². The Morgan fingerprint density at radius 3 is 2.50 bits per heavy atom. The van der Waals surface area contributed by atoms with E-state index in [2.05, 4.69) is 15.3 Å². The zero-order valence-electron chi connectivity index (χ0n) is 15.6. The smallest absolute Gasteiger partial charge is 0.373 e. The van der Waals surface area contributed by atoms with Gasteiger partial charge in [-0.1, -0.05) is 18.0 Å². The molecule has 0 bridgehead atoms. The zero-order chi connectivity index (χ0) is 20.1. The minimum absolute atomic E-state index is 0.00894. The maximum absolute atomic E-state index is 11.7. The van der Waals surface area contributed by atoms with Crippen LogP contribution in [0.2, 0.25) is 5.02 Å². The van der Waals surface area contributed by atoms with Crippen LogP contribution in [0.5, 0.6) is 17.4 Å². The van der Waals surface area contributed by atoms with Crippen LogP contribution in [0.1, 0.15) is 32.1 Å². The minimum Gasteiger partial charge on any atom is -0.495 e. The number of aromatic nitrogens is 2. The molecule has 0 aliphatic heterocycles. The summed E-state index contributed by atoms with van der Waals surface area (Å²) >= 11 is 6.18. The standard InChI is InChI=1S/C18H21ClN4O5/c1-26-14-9-15(27-2)13(8-12(14)19)22-17-16(23(24)25)18(21-10-20-17)28-11-6-4-3-5-7-11/h8-11H,3-7H2,1-2H3,(H,20,21,22). The van der Waals surface area contributed by atoms with Gasteiger partial charge in [0.2, 0.25) is 5.82 Å². The highest BCUT2D eigenvalue weighted by atomic mass is 35.5. The lowest BCUT2D eigenvalue weighted by Gasteiger charge is -2.22. The van der Waals surface area contributed by atoms with E-state index >= 15 is 0 Å². The lowest BCUT2D eigenvalue weighted by molar-refractivity contribution is -0.385. The van der Waals surface area contributed by atoms with Crippen LogP contribution >= 0.6 is 11.6 Å². The molecule has 1 aromatic carbocycles. The van der Waals surface area contributed by atoms with Gasteiger partial charge < -0.3 is 19.5 Å². The zero-order valence-corrected chi connectivity index (χ0v) is 16.4. The number of methoxy groups -OCH3 is 2. The Hall–Kier alpha value is -2.81. The van der Waals surface area contributed by atoms with Crippen LogP contribution in [0, 0.1) is 10.1 Å². The quantitative estimate of drug-likeness (QED) is 0.526. The van der Waals surface area contributed by atoms with E-state index in [1.54, 1.807) is 12.1 Å². The third kappa shape index (κ3) is 4.36. The molecule has 3 rings (SSSR count). The molecule has 1 aliphatic rings. The summed E-state index contributed by atoms with van der Waals surface area (Å²) in [5.74, 6) is 0.754. The molecule has 1 saturated carbocycles. The summed E-state index contributed by atoms with van der Waals surface area (Å²) in [7, 11) is 2.96. The van der Waals surface area contributed by atoms with E-state index in [0.29, 0.717) is 22.2 Å². The van der Waals surface area contributed by atoms with Crippen molar-refractivity contribution in [2.45, 2.75) is 38.2 Å². The SMILES string of the molecule is COc1cc(OC)c(Nc2ncnc(OC3CCCCC3)c2[N+](=O)[O-])cc1Cl. The summed E-state index contributed by atoms with van der Waals surface area (Å²) in [5.41, 5.74) is 0.0702. The molecule has 150 valence electrons. The van der Waals surface area contributed by atoms with E-state index in [1.807, 2.05) is 0 Å². The highest BCUT2D eigenvalue weighted by Crippen LogP contribution is 2.40. The summed E-state index contributed by atoms with van der Waals surface area (Å²) < 4.78 is 16.3. The number of ether oxygens (including phenoxy) is 3. The summed E-state index contributed by atoms with van der Waals surface area (Å²) in [6.45, 7) is 0. The first-order valence-electron chi connectivity index (χ1n) is 8.88. The van der Waals surface area contributed by atoms with Crippen LogP contribution in [-0.4, -0.2) is 35.2 Å². The Morgan fingerprint density at radius 1 is 1.14 bits per heavy atom. The molecule has 0 amide bonds. The summed E-state index contributed by atoms with van der Waals surface area (Å²) in [6.07, 6.45) is 6.08. The lowest BCUT2D eigenvalue weighted by Crippen LogP contribution is -2.21. The Balaban J connectivity index is 1.95. The Labute approximate surface area is 167 Å². The van der Waals surface area contributed by atoms with Gasteiger partial charge in [-0.05, 0) is 31.7 Å². The van der Waals surface area contributed by atoms with E-state index < -0.39 is 4.92 Å². The number of rotatable bonds is 7. The van der Waals surface area contributed by atoms with Crippen molar-refractivity contribution in [1.82, 2.24) is 9.97 Å². The monoisotopic (exact) mass is 408 g/mol. The fraction of sp³-hybridized carbons (Fsp3) is 0.444. The van der Waals surface area contributed by atoms with Gasteiger partial charge in [-0.2, -0.15) is 4.98 Å². The fourth-order valence-electron chi connectivity index (χ4n) is 3.13. The van der Waals surface area contributed by atoms with Crippen LogP contribution in [0.4, 0.5) is 17.2 Å². The number of anilines is 2. The molecule has 28 heavy (non-hydrogen) atoms. The van der Waals surface area contributed by atoms with Gasteiger partial charge in [-0.15, -0.1) is 0 Å². The van der Waals surface area contributed by atoms with Crippen molar-refractivity contribution in [3.63, 3.8) is 0 Å². The summed E-state index contributed by atoms with van der Waals surface area (Å²) in [4.78, 5) is 19.2. The number of hydrogen-bond acceptors (Lipinski definition) is 8. The lowest BCUT2D eigenvalue weighted by atomic mass is 9.98. The van der Waals surface area contributed by atoms with Gasteiger partial charge in [-0.3, -0.25) is 10.1 Å². The van der Waals surface area contributed by atoms with E-state index in [9.17, 15) is 10.1 Å². The molecular weight excluding hydrogens is 388 g/mol. The molecule has 0 unspecified atom stereocenters. The summed E-state index contributed by atoms with van der Waals surface area (Å²) in [6, 6.07) is 3.13. The van der Waals surface area contributed by atoms with Gasteiger partial charge in [-0.25, -0.2) is 4.98 Å². The minimum atomic E-state index is -0.557. The molecule has 0 atom stereocenters. The van der Waals surface area contributed by atoms with Gasteiger partial charge in [0.05, 0.1) is 29.9 Å². The van der Waals surface area contributed by atoms with Crippen molar-refractivity contribution in [2.75, 3.05) is 19.5 Å². The van der Waals surface area contributed by atoms with E-state index in [1.165, 1.54) is 20.5 Å². The van der Waals surface area contributed by atoms with Crippen molar-refractivity contribution in [3.05, 3.63) is 33.6 Å². The Kier molecular flexibility index (Phi) is 6.35. The number of benzene rings is 1. The van der Waals surface area contributed by atoms with Crippen LogP contribution in [0.15, 0.2) is 18.5 Å². The number of nitro groups is 1. The largest absolute Gasteiger partial charge is 0.495 e. The molecule has 0 saturated heterocycles. The normalized spacial score (nSPS) is 14.4. The van der Waals surface area contributed by atoms with Crippen LogP contribution < -0.4 is 19.5 Å². The molecule has 1 aliphatic carbocycles. The summed E-state index contributed by atoms with van der Waals surface area (Å²) in [5, 5.41) is 15.0. The predicted octanol–water partition coefficient (Wildman–Crippen LogP) is 4.51. The predicted molar refractivity (Wildman–Crippen MR) is 104 cm³/mol. The van der Waals surface area contributed by atoms with Gasteiger partial charge in [0.1, 0.15) is 23.9 Å². The molecular formula is C18H21ClN4O5. The van der Waals surface area contributed by atoms with Crippen molar-refractivity contribution < 1.29 is 19.1 Å². The van der Waals surface area contributed by atoms with E-state index in [0.717, 1.165) is 32.1 Å². The molecule has 10 heteroatoms. The van der Waals surface area contributed by atoms with Gasteiger partial charge in [0.15, 0.2) is 0 Å². The molecule has 1 aromatic heterocycles. The average Bonchev–Trinajstić information content (AvgIpc) is 2.69. The maximum atomic E-state index is 11.7. The second kappa shape index (κ2) is 8.92. The first kappa shape index (κ1) is 19.9. The first-order valence-corrected chi connectivity index (χ1v) is 9.26. The van der Waals surface area contributed by atoms with Crippen LogP contribution in [0.3, 0.4) is 0 Å². The third-order valence-corrected chi connectivity index (χ3v) is 4.82. The number of nitrogens with zero attached hydrogens (tertiary/aromatic N) is 3. The molecule has 0 radical (unpaired) electrons. The average molecular weight is 409 g/mol. The maximum Gasteiger partial charge on any atom is 0.373 e. The topological polar surface area (TPSA) is 109 Å². The van der Waals surface area contributed by atoms with Gasteiger partial charge >= 0.3 is 5.69 Å². The van der Waals surface area contributed by atoms with Gasteiger partial charge in [0, 0.05) is 6.07 Å². The van der Waals surface area contributed by atoms with Crippen LogP contribution in [0.25, 0.3) is 0 Å². The molecule has 9 nitrogen and oxygen atoms in total. The van der Waals surface area contributed by atoms with E-state index in [-0.39, 0.29) is 23.5 Å². The Bertz CT molecular complexity index is 858. The molecule has 1 heterocycles. The van der Waals surface area contributed by atoms with Crippen LogP contribution in [-0.2, 0) is 0 Å². The second-order valence-corrected chi connectivity index (χ2v) is 6.73. The number of halogens is 1. The van der Waals surface area contributed by atoms with E-state index in [4.69, 9.17) is 25.8 Å². The second-order valence-electron chi connectivity index (χ2n) is 6.32.